The smallest absolute Gasteiger partial charge is 0.242 e. The Balaban J connectivity index is 1.68. The first-order valence-corrected chi connectivity index (χ1v) is 9.00. The number of nitrogens with one attached hydrogen (secondary N) is 1. The summed E-state index contributed by atoms with van der Waals surface area (Å²) in [7, 11) is 0. The minimum atomic E-state index is -0.00447. The first-order chi connectivity index (χ1) is 12.2. The van der Waals surface area contributed by atoms with Crippen molar-refractivity contribution in [1.82, 2.24) is 15.2 Å². The van der Waals surface area contributed by atoms with Gasteiger partial charge in [0.25, 0.3) is 0 Å². The lowest BCUT2D eigenvalue weighted by Crippen LogP contribution is -2.28. The first-order valence-electron chi connectivity index (χ1n) is 8.02. The highest BCUT2D eigenvalue weighted by molar-refractivity contribution is 7.99. The molecule has 0 saturated heterocycles. The highest BCUT2D eigenvalue weighted by Crippen LogP contribution is 2.36. The Morgan fingerprint density at radius 2 is 1.68 bits per heavy atom. The number of nitrogens with zero attached hydrogens (tertiary/aromatic N) is 3. The van der Waals surface area contributed by atoms with Gasteiger partial charge in [-0.05, 0) is 36.1 Å². The van der Waals surface area contributed by atoms with E-state index < -0.39 is 0 Å². The van der Waals surface area contributed by atoms with Gasteiger partial charge in [0.15, 0.2) is 0 Å². The predicted octanol–water partition coefficient (Wildman–Crippen LogP) is 2.94. The molecule has 1 aromatic heterocycles. The molecule has 7 heteroatoms. The number of nitrogens with two attached hydrogens (primary N) is 1. The van der Waals surface area contributed by atoms with Gasteiger partial charge >= 0.3 is 0 Å². The molecular formula is C18H17N5OS. The fourth-order valence-corrected chi connectivity index (χ4v) is 3.72. The molecule has 0 saturated carbocycles. The lowest BCUT2D eigenvalue weighted by Gasteiger charge is -2.24. The Morgan fingerprint density at radius 3 is 2.24 bits per heavy atom. The van der Waals surface area contributed by atoms with Crippen molar-refractivity contribution >= 4 is 35.0 Å². The van der Waals surface area contributed by atoms with Crippen LogP contribution in [0.2, 0.25) is 0 Å². The fraction of sp³-hybridized carbons (Fsp3) is 0.167. The zero-order valence-electron chi connectivity index (χ0n) is 13.5. The van der Waals surface area contributed by atoms with E-state index in [0.717, 1.165) is 24.2 Å². The van der Waals surface area contributed by atoms with Crippen molar-refractivity contribution in [3.05, 3.63) is 59.7 Å². The van der Waals surface area contributed by atoms with Gasteiger partial charge < -0.3 is 5.73 Å². The number of hydrogen-bond donors (Lipinski definition) is 2. The van der Waals surface area contributed by atoms with Crippen LogP contribution in [0.3, 0.4) is 0 Å². The third-order valence-electron chi connectivity index (χ3n) is 4.19. The second-order valence-corrected chi connectivity index (χ2v) is 6.72. The normalized spacial score (nSPS) is 13.0. The molecule has 0 fully saturated rings. The maximum absolute atomic E-state index is 13.1. The molecule has 0 spiro atoms. The van der Waals surface area contributed by atoms with E-state index in [4.69, 9.17) is 5.73 Å². The Morgan fingerprint density at radius 1 is 1.08 bits per heavy atom. The number of carbonyl (C=O) groups excluding carboxylic acids is 1. The third kappa shape index (κ3) is 3.10. The average Bonchev–Trinajstić information content (AvgIpc) is 2.97. The van der Waals surface area contributed by atoms with Crippen LogP contribution in [0.4, 0.5) is 17.3 Å². The Bertz CT molecular complexity index is 876. The number of thioether (sulfide) groups is 1. The van der Waals surface area contributed by atoms with Crippen molar-refractivity contribution in [3.8, 4) is 0 Å². The number of fused-ring (bicyclic) bond motifs is 2. The summed E-state index contributed by atoms with van der Waals surface area (Å²) in [6, 6.07) is 16.2. The summed E-state index contributed by atoms with van der Waals surface area (Å²) in [4.78, 5) is 18.9. The van der Waals surface area contributed by atoms with Gasteiger partial charge in [-0.15, -0.1) is 5.10 Å². The number of rotatable bonds is 3. The molecule has 1 amide bonds. The van der Waals surface area contributed by atoms with E-state index in [1.165, 1.54) is 22.9 Å². The third-order valence-corrected chi connectivity index (χ3v) is 5.02. The van der Waals surface area contributed by atoms with Gasteiger partial charge in [0.1, 0.15) is 0 Å². The van der Waals surface area contributed by atoms with E-state index in [1.807, 2.05) is 41.3 Å². The molecule has 0 unspecified atom stereocenters. The minimum Gasteiger partial charge on any atom is -0.368 e. The van der Waals surface area contributed by atoms with E-state index in [9.17, 15) is 4.79 Å². The summed E-state index contributed by atoms with van der Waals surface area (Å²) < 4.78 is 0. The zero-order chi connectivity index (χ0) is 17.2. The van der Waals surface area contributed by atoms with Gasteiger partial charge in [0.2, 0.25) is 17.0 Å². The van der Waals surface area contributed by atoms with Gasteiger partial charge in [-0.2, -0.15) is 4.98 Å². The molecule has 2 aromatic carbocycles. The molecule has 0 bridgehead atoms. The van der Waals surface area contributed by atoms with Crippen LogP contribution in [0.25, 0.3) is 0 Å². The van der Waals surface area contributed by atoms with Gasteiger partial charge in [-0.3, -0.25) is 9.69 Å². The molecule has 1 aliphatic rings. The van der Waals surface area contributed by atoms with Crippen molar-refractivity contribution in [3.63, 3.8) is 0 Å². The number of nitrogen functional groups attached to an aromatic ring is 1. The number of benzene rings is 2. The quantitative estimate of drug-likeness (QED) is 0.708. The summed E-state index contributed by atoms with van der Waals surface area (Å²) in [5.41, 5.74) is 9.80. The molecule has 0 atom stereocenters. The monoisotopic (exact) mass is 351 g/mol. The fourth-order valence-electron chi connectivity index (χ4n) is 3.06. The van der Waals surface area contributed by atoms with Gasteiger partial charge in [-0.25, -0.2) is 5.10 Å². The topological polar surface area (TPSA) is 87.9 Å². The number of anilines is 3. The van der Waals surface area contributed by atoms with Crippen LogP contribution in [0.15, 0.2) is 53.7 Å². The second-order valence-electron chi connectivity index (χ2n) is 5.78. The lowest BCUT2D eigenvalue weighted by molar-refractivity contribution is -0.115. The number of para-hydroxylation sites is 2. The van der Waals surface area contributed by atoms with E-state index in [2.05, 4.69) is 27.3 Å². The summed E-state index contributed by atoms with van der Waals surface area (Å²) in [6.07, 6.45) is 1.84. The van der Waals surface area contributed by atoms with E-state index in [0.29, 0.717) is 5.16 Å². The molecule has 0 aliphatic carbocycles. The molecule has 25 heavy (non-hydrogen) atoms. The zero-order valence-corrected chi connectivity index (χ0v) is 14.3. The average molecular weight is 351 g/mol. The first kappa shape index (κ1) is 15.7. The minimum absolute atomic E-state index is 0.00447. The molecule has 3 aromatic rings. The highest BCUT2D eigenvalue weighted by atomic mass is 32.2. The van der Waals surface area contributed by atoms with Crippen molar-refractivity contribution in [2.75, 3.05) is 16.4 Å². The summed E-state index contributed by atoms with van der Waals surface area (Å²) in [5, 5.41) is 7.03. The molecule has 126 valence electrons. The van der Waals surface area contributed by atoms with Crippen molar-refractivity contribution in [2.45, 2.75) is 18.0 Å². The largest absolute Gasteiger partial charge is 0.368 e. The number of aromatic nitrogens is 3. The van der Waals surface area contributed by atoms with Crippen molar-refractivity contribution in [1.29, 1.82) is 0 Å². The van der Waals surface area contributed by atoms with Crippen LogP contribution in [-0.2, 0) is 17.6 Å². The standard InChI is InChI=1S/C18H17N5OS/c19-17-20-18(22-21-17)25-11-16(24)23-14-7-3-1-5-12(14)9-10-13-6-2-4-8-15(13)23/h1-8H,9-11H2,(H3,19,20,21,22). The van der Waals surface area contributed by atoms with Crippen LogP contribution < -0.4 is 10.6 Å². The number of H-pyrrole nitrogens is 1. The summed E-state index contributed by atoms with van der Waals surface area (Å²) in [5.74, 6) is 0.482. The number of hydrogen-bond acceptors (Lipinski definition) is 5. The summed E-state index contributed by atoms with van der Waals surface area (Å²) >= 11 is 1.27. The molecular weight excluding hydrogens is 334 g/mol. The van der Waals surface area contributed by atoms with Gasteiger partial charge in [0.05, 0.1) is 17.1 Å². The van der Waals surface area contributed by atoms with Crippen LogP contribution in [0.1, 0.15) is 11.1 Å². The maximum atomic E-state index is 13.1. The summed E-state index contributed by atoms with van der Waals surface area (Å²) in [6.45, 7) is 0. The highest BCUT2D eigenvalue weighted by Gasteiger charge is 2.25. The Hall–Kier alpha value is -2.80. The number of amides is 1. The molecule has 4 rings (SSSR count). The number of aryl methyl sites for hydroxylation is 2. The molecule has 0 radical (unpaired) electrons. The molecule has 3 N–H and O–H groups in total. The maximum Gasteiger partial charge on any atom is 0.242 e. The van der Waals surface area contributed by atoms with Gasteiger partial charge in [-0.1, -0.05) is 48.2 Å². The van der Waals surface area contributed by atoms with Crippen LogP contribution in [0.5, 0.6) is 0 Å². The molecule has 1 aliphatic heterocycles. The molecule has 6 nitrogen and oxygen atoms in total. The van der Waals surface area contributed by atoms with Gasteiger partial charge in [0, 0.05) is 0 Å². The van der Waals surface area contributed by atoms with Crippen LogP contribution >= 0.6 is 11.8 Å². The van der Waals surface area contributed by atoms with Crippen LogP contribution in [0, 0.1) is 0 Å². The molecule has 2 heterocycles. The Kier molecular flexibility index (Phi) is 4.15. The SMILES string of the molecule is Nc1nc(SCC(=O)N2c3ccccc3CCc3ccccc32)n[nH]1. The van der Waals surface area contributed by atoms with E-state index in [1.54, 1.807) is 0 Å². The van der Waals surface area contributed by atoms with Crippen molar-refractivity contribution in [2.24, 2.45) is 0 Å². The number of carbonyl (C=O) groups is 1. The Labute approximate surface area is 149 Å². The van der Waals surface area contributed by atoms with E-state index >= 15 is 0 Å². The van der Waals surface area contributed by atoms with Crippen molar-refractivity contribution < 1.29 is 4.79 Å². The second kappa shape index (κ2) is 6.60. The predicted molar refractivity (Wildman–Crippen MR) is 99.0 cm³/mol. The number of aromatic amines is 1. The van der Waals surface area contributed by atoms with E-state index in [-0.39, 0.29) is 17.6 Å². The lowest BCUT2D eigenvalue weighted by atomic mass is 10.0. The van der Waals surface area contributed by atoms with Crippen LogP contribution in [-0.4, -0.2) is 26.8 Å².